The van der Waals surface area contributed by atoms with Gasteiger partial charge in [0.15, 0.2) is 0 Å². The second kappa shape index (κ2) is 5.80. The number of rotatable bonds is 4. The average molecular weight is 238 g/mol. The van der Waals surface area contributed by atoms with Gasteiger partial charge in [0.1, 0.15) is 0 Å². The molecule has 2 nitrogen and oxygen atoms in total. The fourth-order valence-corrected chi connectivity index (χ4v) is 3.36. The lowest BCUT2D eigenvalue weighted by atomic mass is 9.93. The van der Waals surface area contributed by atoms with Gasteiger partial charge in [-0.25, -0.2) is 0 Å². The minimum atomic E-state index is 0.359. The van der Waals surface area contributed by atoms with E-state index in [2.05, 4.69) is 29.3 Å². The summed E-state index contributed by atoms with van der Waals surface area (Å²) in [5.74, 6) is 0.667. The molecule has 0 bridgehead atoms. The lowest BCUT2D eigenvalue weighted by molar-refractivity contribution is 0.188. The first-order chi connectivity index (χ1) is 7.79. The van der Waals surface area contributed by atoms with Crippen molar-refractivity contribution < 1.29 is 0 Å². The number of unbranched alkanes of at least 4 members (excludes halogenated alkanes) is 1. The SMILES string of the molecule is CCCCN1CC(N)CC(c2cccs2)C1. The number of piperidine rings is 1. The lowest BCUT2D eigenvalue weighted by Crippen LogP contribution is -2.46. The molecule has 3 heteroatoms. The summed E-state index contributed by atoms with van der Waals surface area (Å²) in [6.07, 6.45) is 3.72. The van der Waals surface area contributed by atoms with Crippen LogP contribution in [0.5, 0.6) is 0 Å². The van der Waals surface area contributed by atoms with E-state index >= 15 is 0 Å². The smallest absolute Gasteiger partial charge is 0.0174 e. The van der Waals surface area contributed by atoms with Crippen molar-refractivity contribution in [2.24, 2.45) is 5.73 Å². The number of nitrogens with zero attached hydrogens (tertiary/aromatic N) is 1. The second-order valence-corrected chi connectivity index (χ2v) is 5.80. The molecule has 0 aliphatic carbocycles. The first kappa shape index (κ1) is 12.1. The molecule has 2 heterocycles. The quantitative estimate of drug-likeness (QED) is 0.874. The Hall–Kier alpha value is -0.380. The molecule has 1 aliphatic rings. The van der Waals surface area contributed by atoms with Crippen LogP contribution in [0.3, 0.4) is 0 Å². The number of likely N-dealkylation sites (tertiary alicyclic amines) is 1. The Morgan fingerprint density at radius 1 is 1.50 bits per heavy atom. The molecule has 2 unspecified atom stereocenters. The maximum absolute atomic E-state index is 6.16. The standard InChI is InChI=1S/C13H22N2S/c1-2-3-6-15-9-11(8-12(14)10-15)13-5-4-7-16-13/h4-5,7,11-12H,2-3,6,8-10,14H2,1H3. The minimum Gasteiger partial charge on any atom is -0.327 e. The van der Waals surface area contributed by atoms with Gasteiger partial charge in [0.2, 0.25) is 0 Å². The molecule has 1 aliphatic heterocycles. The summed E-state index contributed by atoms with van der Waals surface area (Å²) in [7, 11) is 0. The number of thiophene rings is 1. The molecule has 1 fully saturated rings. The van der Waals surface area contributed by atoms with Crippen molar-refractivity contribution in [3.05, 3.63) is 22.4 Å². The van der Waals surface area contributed by atoms with E-state index in [0.29, 0.717) is 12.0 Å². The molecular weight excluding hydrogens is 216 g/mol. The van der Waals surface area contributed by atoms with Crippen LogP contribution >= 0.6 is 11.3 Å². The Bertz CT molecular complexity index is 297. The van der Waals surface area contributed by atoms with Gasteiger partial charge in [-0.2, -0.15) is 0 Å². The van der Waals surface area contributed by atoms with Crippen molar-refractivity contribution in [3.8, 4) is 0 Å². The van der Waals surface area contributed by atoms with Gasteiger partial charge in [0.25, 0.3) is 0 Å². The molecule has 90 valence electrons. The van der Waals surface area contributed by atoms with E-state index in [4.69, 9.17) is 5.73 Å². The summed E-state index contributed by atoms with van der Waals surface area (Å²) in [4.78, 5) is 4.05. The van der Waals surface area contributed by atoms with E-state index in [-0.39, 0.29) is 0 Å². The van der Waals surface area contributed by atoms with Crippen LogP contribution in [0.4, 0.5) is 0 Å². The number of nitrogens with two attached hydrogens (primary N) is 1. The zero-order valence-corrected chi connectivity index (χ0v) is 10.9. The molecule has 2 rings (SSSR count). The summed E-state index contributed by atoms with van der Waals surface area (Å²) in [6.45, 7) is 5.75. The number of hydrogen-bond donors (Lipinski definition) is 1. The third-order valence-corrected chi connectivity index (χ3v) is 4.37. The average Bonchev–Trinajstić information content (AvgIpc) is 2.79. The number of hydrogen-bond acceptors (Lipinski definition) is 3. The van der Waals surface area contributed by atoms with Gasteiger partial charge in [-0.1, -0.05) is 19.4 Å². The van der Waals surface area contributed by atoms with E-state index in [1.165, 1.54) is 30.8 Å². The highest BCUT2D eigenvalue weighted by Crippen LogP contribution is 2.29. The van der Waals surface area contributed by atoms with E-state index in [1.54, 1.807) is 0 Å². The van der Waals surface area contributed by atoms with Crippen LogP contribution in [0, 0.1) is 0 Å². The molecule has 2 N–H and O–H groups in total. The molecule has 1 saturated heterocycles. The van der Waals surface area contributed by atoms with Gasteiger partial charge < -0.3 is 10.6 Å². The molecule has 16 heavy (non-hydrogen) atoms. The van der Waals surface area contributed by atoms with Crippen molar-refractivity contribution >= 4 is 11.3 Å². The van der Waals surface area contributed by atoms with Crippen molar-refractivity contribution in [1.82, 2.24) is 4.90 Å². The normalized spacial score (nSPS) is 27.1. The monoisotopic (exact) mass is 238 g/mol. The van der Waals surface area contributed by atoms with E-state index in [9.17, 15) is 0 Å². The van der Waals surface area contributed by atoms with Crippen molar-refractivity contribution in [1.29, 1.82) is 0 Å². The van der Waals surface area contributed by atoms with Gasteiger partial charge in [0, 0.05) is 29.9 Å². The molecular formula is C13H22N2S. The predicted octanol–water partition coefficient (Wildman–Crippen LogP) is 2.66. The first-order valence-electron chi connectivity index (χ1n) is 6.31. The van der Waals surface area contributed by atoms with Gasteiger partial charge in [-0.3, -0.25) is 0 Å². The highest BCUT2D eigenvalue weighted by atomic mass is 32.1. The molecule has 2 atom stereocenters. The fraction of sp³-hybridized carbons (Fsp3) is 0.692. The Balaban J connectivity index is 1.94. The van der Waals surface area contributed by atoms with Crippen molar-refractivity contribution in [2.45, 2.75) is 38.1 Å². The summed E-state index contributed by atoms with van der Waals surface area (Å²) >= 11 is 1.88. The zero-order valence-electron chi connectivity index (χ0n) is 10.1. The molecule has 0 aromatic carbocycles. The Kier molecular flexibility index (Phi) is 4.38. The van der Waals surface area contributed by atoms with Gasteiger partial charge in [0.05, 0.1) is 0 Å². The van der Waals surface area contributed by atoms with Crippen LogP contribution in [-0.2, 0) is 0 Å². The van der Waals surface area contributed by atoms with Gasteiger partial charge >= 0.3 is 0 Å². The van der Waals surface area contributed by atoms with Crippen molar-refractivity contribution in [2.75, 3.05) is 19.6 Å². The largest absolute Gasteiger partial charge is 0.327 e. The van der Waals surface area contributed by atoms with Crippen LogP contribution in [0.25, 0.3) is 0 Å². The zero-order chi connectivity index (χ0) is 11.4. The molecule has 0 amide bonds. The first-order valence-corrected chi connectivity index (χ1v) is 7.19. The topological polar surface area (TPSA) is 29.3 Å². The Labute approximate surface area is 102 Å². The fourth-order valence-electron chi connectivity index (χ4n) is 2.53. The third kappa shape index (κ3) is 3.06. The molecule has 0 radical (unpaired) electrons. The van der Waals surface area contributed by atoms with Crippen molar-refractivity contribution in [3.63, 3.8) is 0 Å². The molecule has 1 aromatic heterocycles. The maximum atomic E-state index is 6.16. The highest BCUT2D eigenvalue weighted by Gasteiger charge is 2.26. The maximum Gasteiger partial charge on any atom is 0.0174 e. The van der Waals surface area contributed by atoms with E-state index in [0.717, 1.165) is 13.0 Å². The summed E-state index contributed by atoms with van der Waals surface area (Å²) in [5.41, 5.74) is 6.16. The van der Waals surface area contributed by atoms with Crippen LogP contribution in [-0.4, -0.2) is 30.6 Å². The Morgan fingerprint density at radius 3 is 3.06 bits per heavy atom. The molecule has 0 spiro atoms. The second-order valence-electron chi connectivity index (χ2n) is 4.82. The van der Waals surface area contributed by atoms with Gasteiger partial charge in [-0.05, 0) is 30.8 Å². The summed E-state index contributed by atoms with van der Waals surface area (Å²) < 4.78 is 0. The van der Waals surface area contributed by atoms with Crippen LogP contribution in [0.1, 0.15) is 37.0 Å². The lowest BCUT2D eigenvalue weighted by Gasteiger charge is -2.36. The van der Waals surface area contributed by atoms with Crippen LogP contribution < -0.4 is 5.73 Å². The van der Waals surface area contributed by atoms with E-state index in [1.807, 2.05) is 11.3 Å². The molecule has 1 aromatic rings. The summed E-state index contributed by atoms with van der Waals surface area (Å²) in [5, 5.41) is 2.17. The predicted molar refractivity (Wildman–Crippen MR) is 71.0 cm³/mol. The van der Waals surface area contributed by atoms with E-state index < -0.39 is 0 Å². The summed E-state index contributed by atoms with van der Waals surface area (Å²) in [6, 6.07) is 4.76. The van der Waals surface area contributed by atoms with Crippen LogP contribution in [0.15, 0.2) is 17.5 Å². The van der Waals surface area contributed by atoms with Gasteiger partial charge in [-0.15, -0.1) is 11.3 Å². The minimum absolute atomic E-state index is 0.359. The van der Waals surface area contributed by atoms with Crippen LogP contribution in [0.2, 0.25) is 0 Å². The third-order valence-electron chi connectivity index (χ3n) is 3.33. The molecule has 0 saturated carbocycles. The Morgan fingerprint density at radius 2 is 2.38 bits per heavy atom. The highest BCUT2D eigenvalue weighted by molar-refractivity contribution is 7.10.